The first-order chi connectivity index (χ1) is 16.5. The minimum absolute atomic E-state index is 0.108. The molecule has 1 aromatic heterocycles. The smallest absolute Gasteiger partial charge is 0.195 e. The average molecular weight is 460 g/mol. The zero-order valence-electron chi connectivity index (χ0n) is 19.1. The molecule has 0 amide bonds. The van der Waals surface area contributed by atoms with E-state index in [0.29, 0.717) is 17.2 Å². The van der Waals surface area contributed by atoms with Gasteiger partial charge in [0.2, 0.25) is 0 Å². The molecule has 1 aliphatic rings. The second-order valence-corrected chi connectivity index (χ2v) is 9.03. The molecule has 3 aromatic carbocycles. The molecule has 0 bridgehead atoms. The molecule has 174 valence electrons. The maximum absolute atomic E-state index is 14.2. The summed E-state index contributed by atoms with van der Waals surface area (Å²) in [6, 6.07) is 20.3. The maximum atomic E-state index is 14.2. The predicted octanol–water partition coefficient (Wildman–Crippen LogP) is 5.40. The van der Waals surface area contributed by atoms with Gasteiger partial charge in [0.05, 0.1) is 16.6 Å². The lowest BCUT2D eigenvalue weighted by molar-refractivity contribution is 0.516. The second-order valence-electron chi connectivity index (χ2n) is 9.03. The highest BCUT2D eigenvalue weighted by Crippen LogP contribution is 2.28. The molecule has 1 fully saturated rings. The maximum Gasteiger partial charge on any atom is 0.195 e. The van der Waals surface area contributed by atoms with E-state index in [0.717, 1.165) is 56.0 Å². The van der Waals surface area contributed by atoms with E-state index in [1.54, 1.807) is 6.92 Å². The van der Waals surface area contributed by atoms with E-state index < -0.39 is 17.1 Å². The minimum Gasteiger partial charge on any atom is -0.371 e. The highest BCUT2D eigenvalue weighted by molar-refractivity contribution is 5.84. The van der Waals surface area contributed by atoms with Crippen LogP contribution in [-0.4, -0.2) is 24.6 Å². The van der Waals surface area contributed by atoms with E-state index in [4.69, 9.17) is 0 Å². The van der Waals surface area contributed by atoms with Crippen molar-refractivity contribution in [3.8, 4) is 11.3 Å². The number of anilines is 1. The van der Waals surface area contributed by atoms with Crippen LogP contribution in [0.15, 0.2) is 71.5 Å². The SMILES string of the molecule is Cc1c(-c2ccc(N3CC[C@H](CNCc4ccccc4)C3)cc2)[nH]c2cc(F)cc(F)c2c1=O. The van der Waals surface area contributed by atoms with Crippen LogP contribution in [-0.2, 0) is 6.54 Å². The van der Waals surface area contributed by atoms with Crippen molar-refractivity contribution in [2.24, 2.45) is 5.92 Å². The van der Waals surface area contributed by atoms with Gasteiger partial charge >= 0.3 is 0 Å². The topological polar surface area (TPSA) is 48.1 Å². The zero-order valence-corrected chi connectivity index (χ0v) is 19.1. The Balaban J connectivity index is 1.28. The normalized spacial score (nSPS) is 15.9. The number of nitrogens with one attached hydrogen (secondary N) is 2. The number of hydrogen-bond acceptors (Lipinski definition) is 3. The number of H-pyrrole nitrogens is 1. The third-order valence-corrected chi connectivity index (χ3v) is 6.67. The molecule has 2 N–H and O–H groups in total. The summed E-state index contributed by atoms with van der Waals surface area (Å²) in [5.41, 5.74) is 3.97. The Labute approximate surface area is 197 Å². The van der Waals surface area contributed by atoms with Crippen molar-refractivity contribution in [3.05, 3.63) is 99.7 Å². The third-order valence-electron chi connectivity index (χ3n) is 6.67. The Kier molecular flexibility index (Phi) is 6.16. The van der Waals surface area contributed by atoms with Crippen LogP contribution in [0.3, 0.4) is 0 Å². The van der Waals surface area contributed by atoms with Gasteiger partial charge < -0.3 is 15.2 Å². The van der Waals surface area contributed by atoms with Crippen LogP contribution < -0.4 is 15.6 Å². The number of halogens is 2. The highest BCUT2D eigenvalue weighted by atomic mass is 19.1. The Morgan fingerprint density at radius 2 is 1.82 bits per heavy atom. The molecule has 34 heavy (non-hydrogen) atoms. The van der Waals surface area contributed by atoms with Crippen molar-refractivity contribution in [1.82, 2.24) is 10.3 Å². The van der Waals surface area contributed by atoms with E-state index in [-0.39, 0.29) is 10.9 Å². The third kappa shape index (κ3) is 4.46. The van der Waals surface area contributed by atoms with Crippen molar-refractivity contribution in [3.63, 3.8) is 0 Å². The lowest BCUT2D eigenvalue weighted by Gasteiger charge is -2.19. The van der Waals surface area contributed by atoms with Crippen LogP contribution in [0.25, 0.3) is 22.2 Å². The number of pyridine rings is 1. The van der Waals surface area contributed by atoms with E-state index >= 15 is 0 Å². The molecule has 0 saturated carbocycles. The molecule has 4 nitrogen and oxygen atoms in total. The molecule has 1 saturated heterocycles. The van der Waals surface area contributed by atoms with Gasteiger partial charge in [-0.1, -0.05) is 42.5 Å². The lowest BCUT2D eigenvalue weighted by Crippen LogP contribution is -2.26. The summed E-state index contributed by atoms with van der Waals surface area (Å²) >= 11 is 0. The Hall–Kier alpha value is -3.51. The number of benzene rings is 3. The number of fused-ring (bicyclic) bond motifs is 1. The first-order valence-corrected chi connectivity index (χ1v) is 11.6. The van der Waals surface area contributed by atoms with Crippen LogP contribution in [0, 0.1) is 24.5 Å². The van der Waals surface area contributed by atoms with E-state index in [1.165, 1.54) is 5.56 Å². The predicted molar refractivity (Wildman–Crippen MR) is 133 cm³/mol. The fourth-order valence-electron chi connectivity index (χ4n) is 4.81. The van der Waals surface area contributed by atoms with Crippen LogP contribution in [0.4, 0.5) is 14.5 Å². The van der Waals surface area contributed by atoms with Gasteiger partial charge in [0.25, 0.3) is 0 Å². The van der Waals surface area contributed by atoms with Crippen molar-refractivity contribution in [2.45, 2.75) is 19.9 Å². The molecular formula is C28H27F2N3O. The molecule has 1 atom stereocenters. The molecule has 5 rings (SSSR count). The van der Waals surface area contributed by atoms with Gasteiger partial charge in [-0.3, -0.25) is 4.79 Å². The van der Waals surface area contributed by atoms with Crippen LogP contribution >= 0.6 is 0 Å². The fourth-order valence-corrected chi connectivity index (χ4v) is 4.81. The van der Waals surface area contributed by atoms with Crippen molar-refractivity contribution >= 4 is 16.6 Å². The molecule has 1 aliphatic heterocycles. The van der Waals surface area contributed by atoms with Crippen LogP contribution in [0.5, 0.6) is 0 Å². The molecule has 0 spiro atoms. The van der Waals surface area contributed by atoms with Gasteiger partial charge in [-0.25, -0.2) is 8.78 Å². The molecule has 0 unspecified atom stereocenters. The van der Waals surface area contributed by atoms with E-state index in [1.807, 2.05) is 30.3 Å². The van der Waals surface area contributed by atoms with E-state index in [2.05, 4.69) is 39.5 Å². The Morgan fingerprint density at radius 3 is 2.59 bits per heavy atom. The summed E-state index contributed by atoms with van der Waals surface area (Å²) in [4.78, 5) is 18.2. The van der Waals surface area contributed by atoms with Gasteiger partial charge in [0.15, 0.2) is 5.43 Å². The van der Waals surface area contributed by atoms with Gasteiger partial charge in [0, 0.05) is 43.5 Å². The quantitative estimate of drug-likeness (QED) is 0.406. The minimum atomic E-state index is -0.844. The zero-order chi connectivity index (χ0) is 23.7. The monoisotopic (exact) mass is 459 g/mol. The Bertz CT molecular complexity index is 1370. The molecular weight excluding hydrogens is 432 g/mol. The van der Waals surface area contributed by atoms with Crippen LogP contribution in [0.1, 0.15) is 17.5 Å². The standard InChI is InChI=1S/C28H27F2N3O/c1-18-27(32-25-14-22(29)13-24(30)26(25)28(18)34)21-7-9-23(10-8-21)33-12-11-20(17-33)16-31-15-19-5-3-2-4-6-19/h2-10,13-14,20,31H,11-12,15-17H2,1H3,(H,32,34)/t20-/m1/s1. The number of aromatic amines is 1. The van der Waals surface area contributed by atoms with Gasteiger partial charge in [-0.15, -0.1) is 0 Å². The number of rotatable bonds is 6. The summed E-state index contributed by atoms with van der Waals surface area (Å²) in [6.07, 6.45) is 1.14. The van der Waals surface area contributed by atoms with Gasteiger partial charge in [-0.2, -0.15) is 0 Å². The highest BCUT2D eigenvalue weighted by Gasteiger charge is 2.22. The fraction of sp³-hybridized carbons (Fsp3) is 0.250. The molecule has 2 heterocycles. The second kappa shape index (κ2) is 9.39. The van der Waals surface area contributed by atoms with Crippen LogP contribution in [0.2, 0.25) is 0 Å². The van der Waals surface area contributed by atoms with Gasteiger partial charge in [0.1, 0.15) is 11.6 Å². The largest absolute Gasteiger partial charge is 0.371 e. The lowest BCUT2D eigenvalue weighted by atomic mass is 10.0. The van der Waals surface area contributed by atoms with Crippen molar-refractivity contribution in [1.29, 1.82) is 0 Å². The summed E-state index contributed by atoms with van der Waals surface area (Å²) in [6.45, 7) is 5.52. The average Bonchev–Trinajstić information content (AvgIpc) is 3.31. The van der Waals surface area contributed by atoms with Crippen molar-refractivity contribution < 1.29 is 8.78 Å². The van der Waals surface area contributed by atoms with Crippen molar-refractivity contribution in [2.75, 3.05) is 24.5 Å². The summed E-state index contributed by atoms with van der Waals surface area (Å²) in [5.74, 6) is -0.969. The molecule has 0 aliphatic carbocycles. The van der Waals surface area contributed by atoms with E-state index in [9.17, 15) is 13.6 Å². The summed E-state index contributed by atoms with van der Waals surface area (Å²) in [7, 11) is 0. The number of nitrogens with zero attached hydrogens (tertiary/aromatic N) is 1. The first kappa shape index (κ1) is 22.3. The van der Waals surface area contributed by atoms with Gasteiger partial charge in [-0.05, 0) is 48.6 Å². The summed E-state index contributed by atoms with van der Waals surface area (Å²) < 4.78 is 27.9. The molecule has 6 heteroatoms. The molecule has 0 radical (unpaired) electrons. The number of aromatic nitrogens is 1. The first-order valence-electron chi connectivity index (χ1n) is 11.6. The molecule has 4 aromatic rings. The Morgan fingerprint density at radius 1 is 1.06 bits per heavy atom. The summed E-state index contributed by atoms with van der Waals surface area (Å²) in [5, 5.41) is 3.46. The number of hydrogen-bond donors (Lipinski definition) is 2.